The maximum atomic E-state index is 12.7. The van der Waals surface area contributed by atoms with Crippen molar-refractivity contribution in [2.45, 2.75) is 29.8 Å². The number of hydrogen-bond acceptors (Lipinski definition) is 8. The standard InChI is InChI=1S/C14H15N3O8S/c18-13(19)24-12-9-14(25-15-12)5-7-16(8-6-14)26(22,23)11-3-1-10(2-4-11)17(20)21/h1-4H,5-9H2,(H,18,19). The normalized spacial score (nSPS) is 19.6. The van der Waals surface area contributed by atoms with Crippen LogP contribution in [0, 0.1) is 10.1 Å². The minimum atomic E-state index is -3.79. The average Bonchev–Trinajstić information content (AvgIpc) is 2.96. The van der Waals surface area contributed by atoms with Gasteiger partial charge in [0.2, 0.25) is 15.9 Å². The number of piperidine rings is 1. The first-order valence-corrected chi connectivity index (χ1v) is 9.06. The first-order chi connectivity index (χ1) is 12.2. The fourth-order valence-electron chi connectivity index (χ4n) is 2.93. The monoisotopic (exact) mass is 385 g/mol. The summed E-state index contributed by atoms with van der Waals surface area (Å²) in [5, 5.41) is 22.9. The fraction of sp³-hybridized carbons (Fsp3) is 0.429. The van der Waals surface area contributed by atoms with E-state index in [1.807, 2.05) is 0 Å². The lowest BCUT2D eigenvalue weighted by atomic mass is 9.89. The number of benzene rings is 1. The molecule has 26 heavy (non-hydrogen) atoms. The molecule has 2 heterocycles. The van der Waals surface area contributed by atoms with Crippen LogP contribution in [0.15, 0.2) is 34.3 Å². The molecule has 0 atom stereocenters. The summed E-state index contributed by atoms with van der Waals surface area (Å²) in [4.78, 5) is 25.9. The van der Waals surface area contributed by atoms with E-state index in [1.165, 1.54) is 16.4 Å². The molecule has 140 valence electrons. The Bertz CT molecular complexity index is 857. The van der Waals surface area contributed by atoms with Crippen LogP contribution in [0.3, 0.4) is 0 Å². The number of nitro benzene ring substituents is 1. The molecule has 3 rings (SSSR count). The molecule has 11 nitrogen and oxygen atoms in total. The van der Waals surface area contributed by atoms with E-state index in [9.17, 15) is 23.3 Å². The molecule has 0 unspecified atom stereocenters. The van der Waals surface area contributed by atoms with Gasteiger partial charge < -0.3 is 14.7 Å². The van der Waals surface area contributed by atoms with Crippen LogP contribution in [0.25, 0.3) is 0 Å². The van der Waals surface area contributed by atoms with E-state index in [4.69, 9.17) is 9.94 Å². The molecule has 1 N–H and O–H groups in total. The molecule has 2 aliphatic rings. The molecular weight excluding hydrogens is 370 g/mol. The van der Waals surface area contributed by atoms with Crippen LogP contribution in [0.4, 0.5) is 10.5 Å². The highest BCUT2D eigenvalue weighted by Crippen LogP contribution is 2.36. The number of sulfonamides is 1. The number of carbonyl (C=O) groups is 1. The van der Waals surface area contributed by atoms with E-state index in [0.29, 0.717) is 12.8 Å². The van der Waals surface area contributed by atoms with Crippen molar-refractivity contribution >= 4 is 27.8 Å². The predicted molar refractivity (Wildman–Crippen MR) is 86.1 cm³/mol. The molecule has 12 heteroatoms. The predicted octanol–water partition coefficient (Wildman–Crippen LogP) is 1.55. The first kappa shape index (κ1) is 18.1. The lowest BCUT2D eigenvalue weighted by Crippen LogP contribution is -2.46. The lowest BCUT2D eigenvalue weighted by molar-refractivity contribution is -0.384. The third-order valence-electron chi connectivity index (χ3n) is 4.34. The molecular formula is C14H15N3O8S. The Hall–Kier alpha value is -2.73. The minimum absolute atomic E-state index is 0.0301. The lowest BCUT2D eigenvalue weighted by Gasteiger charge is -2.36. The van der Waals surface area contributed by atoms with Gasteiger partial charge in [0.1, 0.15) is 5.60 Å². The fourth-order valence-corrected chi connectivity index (χ4v) is 4.38. The van der Waals surface area contributed by atoms with E-state index in [0.717, 1.165) is 12.1 Å². The summed E-state index contributed by atoms with van der Waals surface area (Å²) in [5.74, 6) is -0.0517. The number of nitro groups is 1. The first-order valence-electron chi connectivity index (χ1n) is 7.62. The second kappa shape index (κ2) is 6.53. The third-order valence-corrected chi connectivity index (χ3v) is 6.25. The number of nitrogens with zero attached hydrogens (tertiary/aromatic N) is 3. The number of non-ortho nitro benzene ring substituents is 1. The highest BCUT2D eigenvalue weighted by atomic mass is 32.2. The van der Waals surface area contributed by atoms with Gasteiger partial charge in [-0.15, -0.1) is 0 Å². The van der Waals surface area contributed by atoms with Crippen LogP contribution in [0.5, 0.6) is 0 Å². The van der Waals surface area contributed by atoms with E-state index in [1.54, 1.807) is 0 Å². The highest BCUT2D eigenvalue weighted by Gasteiger charge is 2.45. The Morgan fingerprint density at radius 1 is 1.31 bits per heavy atom. The zero-order chi connectivity index (χ0) is 18.9. The average molecular weight is 385 g/mol. The van der Waals surface area contributed by atoms with Crippen LogP contribution in [-0.4, -0.2) is 53.5 Å². The van der Waals surface area contributed by atoms with E-state index >= 15 is 0 Å². The van der Waals surface area contributed by atoms with Gasteiger partial charge in [-0.2, -0.15) is 4.31 Å². The molecule has 1 spiro atoms. The molecule has 1 fully saturated rings. The molecule has 0 amide bonds. The summed E-state index contributed by atoms with van der Waals surface area (Å²) >= 11 is 0. The maximum Gasteiger partial charge on any atom is 0.512 e. The molecule has 0 aliphatic carbocycles. The zero-order valence-corrected chi connectivity index (χ0v) is 14.2. The van der Waals surface area contributed by atoms with Crippen LogP contribution in [0.2, 0.25) is 0 Å². The summed E-state index contributed by atoms with van der Waals surface area (Å²) in [6.45, 7) is 0.296. The highest BCUT2D eigenvalue weighted by molar-refractivity contribution is 7.89. The van der Waals surface area contributed by atoms with Crippen molar-refractivity contribution in [3.8, 4) is 0 Å². The number of oxime groups is 1. The summed E-state index contributed by atoms with van der Waals surface area (Å²) in [5.41, 5.74) is -0.962. The summed E-state index contributed by atoms with van der Waals surface area (Å²) < 4.78 is 31.1. The molecule has 0 bridgehead atoms. The van der Waals surface area contributed by atoms with Gasteiger partial charge in [-0.1, -0.05) is 5.16 Å². The van der Waals surface area contributed by atoms with Gasteiger partial charge in [0.05, 0.1) is 16.2 Å². The van der Waals surface area contributed by atoms with Crippen molar-refractivity contribution in [3.63, 3.8) is 0 Å². The van der Waals surface area contributed by atoms with Crippen molar-refractivity contribution in [1.29, 1.82) is 0 Å². The van der Waals surface area contributed by atoms with Gasteiger partial charge >= 0.3 is 6.16 Å². The summed E-state index contributed by atoms with van der Waals surface area (Å²) in [7, 11) is -3.79. The molecule has 1 aromatic rings. The Kier molecular flexibility index (Phi) is 4.54. The van der Waals surface area contributed by atoms with Gasteiger partial charge in [-0.3, -0.25) is 10.1 Å². The third kappa shape index (κ3) is 3.46. The number of rotatable bonds is 3. The van der Waals surface area contributed by atoms with Gasteiger partial charge in [-0.25, -0.2) is 13.2 Å². The summed E-state index contributed by atoms with van der Waals surface area (Å²) in [6.07, 6.45) is -0.697. The summed E-state index contributed by atoms with van der Waals surface area (Å²) in [6, 6.07) is 4.68. The molecule has 2 aliphatic heterocycles. The number of carboxylic acid groups (broad SMARTS) is 1. The number of ether oxygens (including phenoxy) is 1. The second-order valence-electron chi connectivity index (χ2n) is 5.96. The van der Waals surface area contributed by atoms with Crippen LogP contribution in [-0.2, 0) is 19.6 Å². The van der Waals surface area contributed by atoms with Crippen LogP contribution in [0.1, 0.15) is 19.3 Å². The minimum Gasteiger partial charge on any atom is -0.449 e. The molecule has 1 saturated heterocycles. The Morgan fingerprint density at radius 3 is 2.46 bits per heavy atom. The Labute approximate surface area is 148 Å². The largest absolute Gasteiger partial charge is 0.512 e. The van der Waals surface area contributed by atoms with Gasteiger partial charge in [0, 0.05) is 38.1 Å². The van der Waals surface area contributed by atoms with Crippen molar-refractivity contribution in [1.82, 2.24) is 4.31 Å². The van der Waals surface area contributed by atoms with Gasteiger partial charge in [0.25, 0.3) is 5.69 Å². The van der Waals surface area contributed by atoms with E-state index in [2.05, 4.69) is 9.89 Å². The Morgan fingerprint density at radius 2 is 1.92 bits per heavy atom. The van der Waals surface area contributed by atoms with Crippen molar-refractivity contribution < 1.29 is 32.8 Å². The molecule has 0 aromatic heterocycles. The SMILES string of the molecule is O=C(O)OC1=NOC2(CCN(S(=O)(=O)c3ccc([N+](=O)[O-])cc3)CC2)C1. The zero-order valence-electron chi connectivity index (χ0n) is 13.4. The van der Waals surface area contributed by atoms with Gasteiger partial charge in [-0.05, 0) is 12.1 Å². The topological polar surface area (TPSA) is 149 Å². The van der Waals surface area contributed by atoms with Crippen LogP contribution < -0.4 is 0 Å². The maximum absolute atomic E-state index is 12.7. The molecule has 0 saturated carbocycles. The molecule has 1 aromatic carbocycles. The van der Waals surface area contributed by atoms with Crippen LogP contribution >= 0.6 is 0 Å². The van der Waals surface area contributed by atoms with Crippen molar-refractivity contribution in [2.75, 3.05) is 13.1 Å². The van der Waals surface area contributed by atoms with E-state index < -0.39 is 26.7 Å². The second-order valence-corrected chi connectivity index (χ2v) is 7.90. The smallest absolute Gasteiger partial charge is 0.449 e. The molecule has 0 radical (unpaired) electrons. The van der Waals surface area contributed by atoms with E-state index in [-0.39, 0.29) is 36.0 Å². The Balaban J connectivity index is 1.66. The quantitative estimate of drug-likeness (QED) is 0.468. The van der Waals surface area contributed by atoms with Crippen molar-refractivity contribution in [3.05, 3.63) is 34.4 Å². The van der Waals surface area contributed by atoms with Gasteiger partial charge in [0.15, 0.2) is 0 Å². The number of hydrogen-bond donors (Lipinski definition) is 1. The van der Waals surface area contributed by atoms with Crippen molar-refractivity contribution in [2.24, 2.45) is 5.16 Å².